The van der Waals surface area contributed by atoms with Crippen LogP contribution < -0.4 is 5.43 Å². The summed E-state index contributed by atoms with van der Waals surface area (Å²) in [6, 6.07) is 11.5. The highest BCUT2D eigenvalue weighted by molar-refractivity contribution is 7.98. The van der Waals surface area contributed by atoms with Crippen molar-refractivity contribution in [2.24, 2.45) is 0 Å². The molecule has 0 fully saturated rings. The second-order valence-electron chi connectivity index (χ2n) is 4.23. The first kappa shape index (κ1) is 11.4. The summed E-state index contributed by atoms with van der Waals surface area (Å²) in [6.07, 6.45) is 1.90. The van der Waals surface area contributed by atoms with Crippen molar-refractivity contribution in [3.63, 3.8) is 0 Å². The lowest BCUT2D eigenvalue weighted by Crippen LogP contribution is -2.01. The zero-order valence-electron chi connectivity index (χ0n) is 10.2. The summed E-state index contributed by atoms with van der Waals surface area (Å²) in [6.45, 7) is 2.00. The lowest BCUT2D eigenvalue weighted by molar-refractivity contribution is 0.499. The van der Waals surface area contributed by atoms with Gasteiger partial charge in [-0.2, -0.15) is 0 Å². The Hall–Kier alpha value is -1.74. The van der Waals surface area contributed by atoms with E-state index in [4.69, 9.17) is 4.42 Å². The van der Waals surface area contributed by atoms with Crippen molar-refractivity contribution in [2.75, 3.05) is 6.26 Å². The van der Waals surface area contributed by atoms with Gasteiger partial charge in [0, 0.05) is 11.6 Å². The number of aryl methyl sites for hydroxylation is 1. The van der Waals surface area contributed by atoms with Crippen LogP contribution in [0.5, 0.6) is 0 Å². The van der Waals surface area contributed by atoms with Gasteiger partial charge in [0.2, 0.25) is 0 Å². The SMILES string of the molecule is CSc1cc(=O)c2cc3ccccc3c(C)c2o1. The van der Waals surface area contributed by atoms with Gasteiger partial charge in [0.1, 0.15) is 5.58 Å². The first-order valence-corrected chi connectivity index (χ1v) is 6.93. The van der Waals surface area contributed by atoms with E-state index in [1.54, 1.807) is 6.07 Å². The highest BCUT2D eigenvalue weighted by Gasteiger charge is 2.10. The van der Waals surface area contributed by atoms with Crippen LogP contribution in [0.2, 0.25) is 0 Å². The molecule has 1 aromatic heterocycles. The normalized spacial score (nSPS) is 11.2. The standard InChI is InChI=1S/C15H12O2S/c1-9-11-6-4-3-5-10(11)7-12-13(16)8-14(18-2)17-15(9)12/h3-8H,1-2H3. The predicted molar refractivity (Wildman–Crippen MR) is 76.5 cm³/mol. The molecule has 0 radical (unpaired) electrons. The molecule has 0 bridgehead atoms. The van der Waals surface area contributed by atoms with Crippen molar-refractivity contribution in [3.8, 4) is 0 Å². The Labute approximate surface area is 109 Å². The van der Waals surface area contributed by atoms with Gasteiger partial charge in [0.25, 0.3) is 0 Å². The van der Waals surface area contributed by atoms with Gasteiger partial charge in [-0.3, -0.25) is 4.79 Å². The van der Waals surface area contributed by atoms with Gasteiger partial charge in [-0.15, -0.1) is 0 Å². The van der Waals surface area contributed by atoms with E-state index < -0.39 is 0 Å². The summed E-state index contributed by atoms with van der Waals surface area (Å²) >= 11 is 1.45. The molecule has 0 aliphatic carbocycles. The molecule has 3 aromatic rings. The monoisotopic (exact) mass is 256 g/mol. The van der Waals surface area contributed by atoms with Crippen LogP contribution in [-0.2, 0) is 0 Å². The van der Waals surface area contributed by atoms with E-state index in [1.807, 2.05) is 37.4 Å². The van der Waals surface area contributed by atoms with Gasteiger partial charge in [-0.1, -0.05) is 36.0 Å². The molecule has 2 nitrogen and oxygen atoms in total. The molecule has 3 heteroatoms. The largest absolute Gasteiger partial charge is 0.449 e. The maximum Gasteiger partial charge on any atom is 0.193 e. The molecular formula is C15H12O2S. The van der Waals surface area contributed by atoms with Crippen molar-refractivity contribution < 1.29 is 4.42 Å². The van der Waals surface area contributed by atoms with Crippen molar-refractivity contribution in [3.05, 3.63) is 52.2 Å². The summed E-state index contributed by atoms with van der Waals surface area (Å²) in [5.41, 5.74) is 1.75. The minimum Gasteiger partial charge on any atom is -0.449 e. The summed E-state index contributed by atoms with van der Waals surface area (Å²) in [5, 5.41) is 3.52. The van der Waals surface area contributed by atoms with Crippen molar-refractivity contribution in [1.29, 1.82) is 0 Å². The van der Waals surface area contributed by atoms with E-state index in [1.165, 1.54) is 11.8 Å². The number of thioether (sulfide) groups is 1. The lowest BCUT2D eigenvalue weighted by Gasteiger charge is -2.07. The molecule has 3 rings (SSSR count). The zero-order valence-corrected chi connectivity index (χ0v) is 11.0. The van der Waals surface area contributed by atoms with Crippen LogP contribution in [0, 0.1) is 6.92 Å². The van der Waals surface area contributed by atoms with E-state index in [2.05, 4.69) is 6.07 Å². The summed E-state index contributed by atoms with van der Waals surface area (Å²) in [5.74, 6) is 0. The molecule has 1 heterocycles. The third-order valence-corrected chi connectivity index (χ3v) is 3.77. The smallest absolute Gasteiger partial charge is 0.193 e. The van der Waals surface area contributed by atoms with Gasteiger partial charge < -0.3 is 4.42 Å². The maximum atomic E-state index is 12.1. The second-order valence-corrected chi connectivity index (χ2v) is 5.04. The molecule has 0 spiro atoms. The van der Waals surface area contributed by atoms with E-state index >= 15 is 0 Å². The van der Waals surface area contributed by atoms with Crippen LogP contribution in [0.3, 0.4) is 0 Å². The Balaban J connectivity index is 2.56. The average Bonchev–Trinajstić information content (AvgIpc) is 2.40. The molecule has 0 unspecified atom stereocenters. The fourth-order valence-electron chi connectivity index (χ4n) is 2.24. The van der Waals surface area contributed by atoms with Crippen LogP contribution in [0.4, 0.5) is 0 Å². The topological polar surface area (TPSA) is 30.2 Å². The van der Waals surface area contributed by atoms with Crippen LogP contribution >= 0.6 is 11.8 Å². The molecule has 0 saturated heterocycles. The molecule has 0 atom stereocenters. The molecule has 0 saturated carbocycles. The maximum absolute atomic E-state index is 12.1. The molecule has 0 aliphatic heterocycles. The number of hydrogen-bond acceptors (Lipinski definition) is 3. The van der Waals surface area contributed by atoms with Gasteiger partial charge in [0.05, 0.1) is 5.39 Å². The third-order valence-electron chi connectivity index (χ3n) is 3.17. The van der Waals surface area contributed by atoms with Crippen molar-refractivity contribution in [2.45, 2.75) is 12.0 Å². The predicted octanol–water partition coefficient (Wildman–Crippen LogP) is 3.98. The molecule has 0 aliphatic rings. The first-order valence-electron chi connectivity index (χ1n) is 5.71. The molecule has 90 valence electrons. The second kappa shape index (κ2) is 4.18. The summed E-state index contributed by atoms with van der Waals surface area (Å²) in [4.78, 5) is 12.1. The number of hydrogen-bond donors (Lipinski definition) is 0. The summed E-state index contributed by atoms with van der Waals surface area (Å²) in [7, 11) is 0. The van der Waals surface area contributed by atoms with Gasteiger partial charge in [-0.05, 0) is 30.0 Å². The Morgan fingerprint density at radius 1 is 1.11 bits per heavy atom. The van der Waals surface area contributed by atoms with E-state index in [0.29, 0.717) is 16.1 Å². The number of benzene rings is 2. The third kappa shape index (κ3) is 1.63. The molecule has 18 heavy (non-hydrogen) atoms. The minimum atomic E-state index is 0.0226. The van der Waals surface area contributed by atoms with E-state index in [9.17, 15) is 4.79 Å². The molecule has 2 aromatic carbocycles. The van der Waals surface area contributed by atoms with Crippen LogP contribution in [0.15, 0.2) is 50.7 Å². The van der Waals surface area contributed by atoms with E-state index in [-0.39, 0.29) is 5.43 Å². The van der Waals surface area contributed by atoms with Gasteiger partial charge in [-0.25, -0.2) is 0 Å². The Bertz CT molecular complexity index is 803. The minimum absolute atomic E-state index is 0.0226. The Kier molecular flexibility index (Phi) is 2.63. The van der Waals surface area contributed by atoms with Gasteiger partial charge in [0.15, 0.2) is 10.5 Å². The fourth-order valence-corrected chi connectivity index (χ4v) is 2.63. The lowest BCUT2D eigenvalue weighted by atomic mass is 10.0. The molecular weight excluding hydrogens is 244 g/mol. The van der Waals surface area contributed by atoms with Crippen molar-refractivity contribution in [1.82, 2.24) is 0 Å². The first-order chi connectivity index (χ1) is 8.70. The average molecular weight is 256 g/mol. The van der Waals surface area contributed by atoms with Gasteiger partial charge >= 0.3 is 0 Å². The summed E-state index contributed by atoms with van der Waals surface area (Å²) < 4.78 is 5.79. The number of rotatable bonds is 1. The zero-order chi connectivity index (χ0) is 12.7. The fraction of sp³-hybridized carbons (Fsp3) is 0.133. The highest BCUT2D eigenvalue weighted by atomic mass is 32.2. The van der Waals surface area contributed by atoms with Crippen LogP contribution in [0.25, 0.3) is 21.7 Å². The molecule has 0 N–H and O–H groups in total. The number of fused-ring (bicyclic) bond motifs is 2. The van der Waals surface area contributed by atoms with E-state index in [0.717, 1.165) is 16.3 Å². The highest BCUT2D eigenvalue weighted by Crippen LogP contribution is 2.28. The Morgan fingerprint density at radius 3 is 2.67 bits per heavy atom. The van der Waals surface area contributed by atoms with Crippen LogP contribution in [-0.4, -0.2) is 6.26 Å². The van der Waals surface area contributed by atoms with Crippen molar-refractivity contribution >= 4 is 33.5 Å². The quantitative estimate of drug-likeness (QED) is 0.487. The molecule has 0 amide bonds. The Morgan fingerprint density at radius 2 is 1.89 bits per heavy atom. The van der Waals surface area contributed by atoms with Crippen LogP contribution in [0.1, 0.15) is 5.56 Å².